The topological polar surface area (TPSA) is 124 Å². The molecule has 0 saturated heterocycles. The Bertz CT molecular complexity index is 1290. The summed E-state index contributed by atoms with van der Waals surface area (Å²) < 4.78 is 10.7. The number of carbonyl (C=O) groups excluding carboxylic acids is 2. The van der Waals surface area contributed by atoms with Gasteiger partial charge in [-0.3, -0.25) is 29.6 Å². The number of hydrogen-bond acceptors (Lipinski definition) is 8. The molecule has 0 aliphatic carbocycles. The molecule has 0 radical (unpaired) electrons. The number of nitrogens with zero attached hydrogens (tertiary/aromatic N) is 3. The van der Waals surface area contributed by atoms with Gasteiger partial charge in [0.1, 0.15) is 17.2 Å². The second-order valence-corrected chi connectivity index (χ2v) is 7.26. The van der Waals surface area contributed by atoms with E-state index in [1.807, 2.05) is 0 Å². The van der Waals surface area contributed by atoms with Crippen LogP contribution < -0.4 is 14.8 Å². The number of anilines is 1. The van der Waals surface area contributed by atoms with Crippen molar-refractivity contribution in [1.82, 2.24) is 9.88 Å². The molecule has 4 rings (SSSR count). The van der Waals surface area contributed by atoms with Crippen LogP contribution in [0.4, 0.5) is 11.4 Å². The number of nitro groups is 1. The van der Waals surface area contributed by atoms with E-state index in [-0.39, 0.29) is 23.5 Å². The van der Waals surface area contributed by atoms with Crippen LogP contribution in [0.3, 0.4) is 0 Å². The van der Waals surface area contributed by atoms with Crippen LogP contribution in [0.15, 0.2) is 72.6 Å². The van der Waals surface area contributed by atoms with Crippen molar-refractivity contribution < 1.29 is 24.0 Å². The molecule has 34 heavy (non-hydrogen) atoms. The molecular weight excluding hydrogens is 440 g/mol. The third kappa shape index (κ3) is 4.29. The van der Waals surface area contributed by atoms with Gasteiger partial charge in [-0.2, -0.15) is 0 Å². The minimum absolute atomic E-state index is 0.0151. The third-order valence-electron chi connectivity index (χ3n) is 5.25. The predicted molar refractivity (Wildman–Crippen MR) is 123 cm³/mol. The van der Waals surface area contributed by atoms with Crippen molar-refractivity contribution in [3.8, 4) is 11.5 Å². The van der Waals surface area contributed by atoms with Gasteiger partial charge in [0.25, 0.3) is 17.5 Å². The molecule has 2 aromatic carbocycles. The Kier molecular flexibility index (Phi) is 6.22. The lowest BCUT2D eigenvalue weighted by molar-refractivity contribution is -0.384. The minimum atomic E-state index is -0.561. The van der Waals surface area contributed by atoms with Gasteiger partial charge < -0.3 is 14.8 Å². The Morgan fingerprint density at radius 3 is 2.38 bits per heavy atom. The Balaban J connectivity index is 1.79. The van der Waals surface area contributed by atoms with Gasteiger partial charge in [-0.1, -0.05) is 6.07 Å². The fourth-order valence-electron chi connectivity index (χ4n) is 3.55. The maximum Gasteiger partial charge on any atom is 0.278 e. The first-order valence-electron chi connectivity index (χ1n) is 10.2. The van der Waals surface area contributed by atoms with Crippen molar-refractivity contribution >= 4 is 28.8 Å². The molecule has 1 N–H and O–H groups in total. The van der Waals surface area contributed by atoms with E-state index in [0.29, 0.717) is 28.4 Å². The normalized spacial score (nSPS) is 13.3. The maximum atomic E-state index is 13.4. The van der Waals surface area contributed by atoms with Crippen LogP contribution in [0.5, 0.6) is 11.5 Å². The molecule has 0 atom stereocenters. The number of rotatable bonds is 8. The van der Waals surface area contributed by atoms with Crippen LogP contribution in [0.1, 0.15) is 11.3 Å². The first kappa shape index (κ1) is 22.5. The first-order chi connectivity index (χ1) is 16.4. The van der Waals surface area contributed by atoms with E-state index >= 15 is 0 Å². The van der Waals surface area contributed by atoms with Crippen molar-refractivity contribution in [3.05, 3.63) is 93.9 Å². The summed E-state index contributed by atoms with van der Waals surface area (Å²) in [5, 5.41) is 14.1. The lowest BCUT2D eigenvalue weighted by atomic mass is 10.0. The van der Waals surface area contributed by atoms with Crippen molar-refractivity contribution in [1.29, 1.82) is 0 Å². The van der Waals surface area contributed by atoms with E-state index in [1.54, 1.807) is 42.6 Å². The summed E-state index contributed by atoms with van der Waals surface area (Å²) in [6.07, 6.45) is 1.57. The standard InChI is InChI=1S/C24H20N4O6/c1-33-18-10-11-20(34-2)19(13-18)26-22-21(15-6-8-17(9-7-15)28(31)32)23(29)27(24(22)30)14-16-5-3-4-12-25-16/h3-13,26H,14H2,1-2H3. The summed E-state index contributed by atoms with van der Waals surface area (Å²) in [5.74, 6) is -0.162. The van der Waals surface area contributed by atoms with Crippen LogP contribution in [-0.2, 0) is 16.1 Å². The Morgan fingerprint density at radius 1 is 1.00 bits per heavy atom. The SMILES string of the molecule is COc1ccc(OC)c(NC2=C(c3ccc([N+](=O)[O-])cc3)C(=O)N(Cc3ccccn3)C2=O)c1. The van der Waals surface area contributed by atoms with E-state index in [0.717, 1.165) is 4.90 Å². The summed E-state index contributed by atoms with van der Waals surface area (Å²) in [7, 11) is 2.99. The van der Waals surface area contributed by atoms with E-state index in [4.69, 9.17) is 9.47 Å². The minimum Gasteiger partial charge on any atom is -0.497 e. The van der Waals surface area contributed by atoms with Gasteiger partial charge in [-0.15, -0.1) is 0 Å². The first-order valence-corrected chi connectivity index (χ1v) is 10.2. The molecule has 3 aromatic rings. The molecule has 0 saturated carbocycles. The summed E-state index contributed by atoms with van der Waals surface area (Å²) >= 11 is 0. The molecule has 172 valence electrons. The van der Waals surface area contributed by atoms with Crippen LogP contribution in [0.2, 0.25) is 0 Å². The number of carbonyl (C=O) groups is 2. The maximum absolute atomic E-state index is 13.4. The highest BCUT2D eigenvalue weighted by molar-refractivity contribution is 6.36. The summed E-state index contributed by atoms with van der Waals surface area (Å²) in [6.45, 7) is -0.0323. The van der Waals surface area contributed by atoms with Gasteiger partial charge in [0, 0.05) is 24.4 Å². The molecule has 1 aliphatic rings. The molecule has 0 bridgehead atoms. The largest absolute Gasteiger partial charge is 0.497 e. The van der Waals surface area contributed by atoms with Gasteiger partial charge in [-0.25, -0.2) is 0 Å². The number of aromatic nitrogens is 1. The highest BCUT2D eigenvalue weighted by Crippen LogP contribution is 2.36. The van der Waals surface area contributed by atoms with E-state index in [9.17, 15) is 19.7 Å². The van der Waals surface area contributed by atoms with Gasteiger partial charge in [0.2, 0.25) is 0 Å². The highest BCUT2D eigenvalue weighted by Gasteiger charge is 2.39. The van der Waals surface area contributed by atoms with Crippen molar-refractivity contribution in [2.24, 2.45) is 0 Å². The van der Waals surface area contributed by atoms with Gasteiger partial charge in [0.15, 0.2) is 0 Å². The molecule has 1 aromatic heterocycles. The zero-order chi connectivity index (χ0) is 24.2. The number of non-ortho nitro benzene ring substituents is 1. The molecule has 0 spiro atoms. The smallest absolute Gasteiger partial charge is 0.278 e. The number of benzene rings is 2. The number of ether oxygens (including phenoxy) is 2. The van der Waals surface area contributed by atoms with Crippen molar-refractivity contribution in [2.45, 2.75) is 6.54 Å². The predicted octanol–water partition coefficient (Wildman–Crippen LogP) is 3.40. The monoisotopic (exact) mass is 460 g/mol. The van der Waals surface area contributed by atoms with Crippen molar-refractivity contribution in [2.75, 3.05) is 19.5 Å². The number of nitrogens with one attached hydrogen (secondary N) is 1. The molecule has 10 heteroatoms. The second kappa shape index (κ2) is 9.41. The highest BCUT2D eigenvalue weighted by atomic mass is 16.6. The zero-order valence-corrected chi connectivity index (χ0v) is 18.3. The van der Waals surface area contributed by atoms with Gasteiger partial charge in [0.05, 0.1) is 42.6 Å². The average Bonchev–Trinajstić information content (AvgIpc) is 3.08. The third-order valence-corrected chi connectivity index (χ3v) is 5.25. The van der Waals surface area contributed by atoms with Crippen LogP contribution in [0, 0.1) is 10.1 Å². The summed E-state index contributed by atoms with van der Waals surface area (Å²) in [4.78, 5) is 42.6. The quantitative estimate of drug-likeness (QED) is 0.308. The number of pyridine rings is 1. The Labute approximate surface area is 194 Å². The van der Waals surface area contributed by atoms with Crippen LogP contribution in [0.25, 0.3) is 5.57 Å². The second-order valence-electron chi connectivity index (χ2n) is 7.26. The molecule has 0 fully saturated rings. The zero-order valence-electron chi connectivity index (χ0n) is 18.3. The molecule has 1 aliphatic heterocycles. The number of hydrogen-bond donors (Lipinski definition) is 1. The summed E-state index contributed by atoms with van der Waals surface area (Å²) in [5.41, 5.74) is 1.28. The fraction of sp³-hybridized carbons (Fsp3) is 0.125. The molecule has 0 unspecified atom stereocenters. The number of imide groups is 1. The van der Waals surface area contributed by atoms with Gasteiger partial charge >= 0.3 is 0 Å². The molecule has 10 nitrogen and oxygen atoms in total. The Morgan fingerprint density at radius 2 is 1.76 bits per heavy atom. The average molecular weight is 460 g/mol. The Hall–Kier alpha value is -4.73. The van der Waals surface area contributed by atoms with E-state index in [1.165, 1.54) is 38.5 Å². The molecule has 2 amide bonds. The molecule has 2 heterocycles. The van der Waals surface area contributed by atoms with E-state index in [2.05, 4.69) is 10.3 Å². The van der Waals surface area contributed by atoms with Crippen LogP contribution >= 0.6 is 0 Å². The molecular formula is C24H20N4O6. The number of amides is 2. The van der Waals surface area contributed by atoms with Crippen LogP contribution in [-0.4, -0.2) is 40.8 Å². The number of nitro benzene ring substituents is 1. The summed E-state index contributed by atoms with van der Waals surface area (Å²) in [6, 6.07) is 15.7. The van der Waals surface area contributed by atoms with Gasteiger partial charge in [-0.05, 0) is 42.0 Å². The fourth-order valence-corrected chi connectivity index (χ4v) is 3.55. The van der Waals surface area contributed by atoms with E-state index < -0.39 is 16.7 Å². The number of methoxy groups -OCH3 is 2. The lowest BCUT2D eigenvalue weighted by Gasteiger charge is -2.16. The lowest BCUT2D eigenvalue weighted by Crippen LogP contribution is -2.32. The van der Waals surface area contributed by atoms with Crippen molar-refractivity contribution in [3.63, 3.8) is 0 Å².